The average molecular weight is 247 g/mol. The molecule has 1 aromatic rings. The summed E-state index contributed by atoms with van der Waals surface area (Å²) in [6.45, 7) is 8.07. The Morgan fingerprint density at radius 3 is 2.56 bits per heavy atom. The van der Waals surface area contributed by atoms with E-state index in [-0.39, 0.29) is 23.5 Å². The highest BCUT2D eigenvalue weighted by molar-refractivity contribution is 5.81. The third-order valence-electron chi connectivity index (χ3n) is 3.36. The topological polar surface area (TPSA) is 59.2 Å². The fourth-order valence-corrected chi connectivity index (χ4v) is 2.60. The normalized spacial score (nSPS) is 24.7. The van der Waals surface area contributed by atoms with Crippen molar-refractivity contribution in [2.45, 2.75) is 51.7 Å². The molecule has 1 aliphatic heterocycles. The van der Waals surface area contributed by atoms with Crippen LogP contribution in [0.5, 0.6) is 0 Å². The van der Waals surface area contributed by atoms with Crippen LogP contribution in [0, 0.1) is 6.92 Å². The maximum Gasteiger partial charge on any atom is 0.225 e. The second-order valence-corrected chi connectivity index (χ2v) is 5.98. The summed E-state index contributed by atoms with van der Waals surface area (Å²) in [7, 11) is 0. The SMILES string of the molecule is Cc1ccc(C2C(N)CC(=O)N2C(C)(C)C)cn1. The molecule has 0 aromatic carbocycles. The van der Waals surface area contributed by atoms with Crippen molar-refractivity contribution in [2.24, 2.45) is 5.73 Å². The van der Waals surface area contributed by atoms with E-state index in [0.717, 1.165) is 11.3 Å². The van der Waals surface area contributed by atoms with E-state index >= 15 is 0 Å². The van der Waals surface area contributed by atoms with Crippen molar-refractivity contribution in [3.8, 4) is 0 Å². The predicted molar refractivity (Wildman–Crippen MR) is 70.9 cm³/mol. The Morgan fingerprint density at radius 2 is 2.06 bits per heavy atom. The highest BCUT2D eigenvalue weighted by atomic mass is 16.2. The monoisotopic (exact) mass is 247 g/mol. The molecule has 0 aliphatic carbocycles. The summed E-state index contributed by atoms with van der Waals surface area (Å²) in [6.07, 6.45) is 2.24. The lowest BCUT2D eigenvalue weighted by molar-refractivity contribution is -0.133. The van der Waals surface area contributed by atoms with Gasteiger partial charge in [0, 0.05) is 29.9 Å². The first kappa shape index (κ1) is 13.0. The molecule has 2 atom stereocenters. The maximum atomic E-state index is 12.1. The fraction of sp³-hybridized carbons (Fsp3) is 0.571. The summed E-state index contributed by atoms with van der Waals surface area (Å²) in [4.78, 5) is 18.3. The Morgan fingerprint density at radius 1 is 1.39 bits per heavy atom. The summed E-state index contributed by atoms with van der Waals surface area (Å²) in [5.74, 6) is 0.126. The number of aromatic nitrogens is 1. The molecule has 2 rings (SSSR count). The number of carbonyl (C=O) groups excluding carboxylic acids is 1. The van der Waals surface area contributed by atoms with Gasteiger partial charge in [-0.25, -0.2) is 0 Å². The fourth-order valence-electron chi connectivity index (χ4n) is 2.60. The van der Waals surface area contributed by atoms with Gasteiger partial charge in [-0.15, -0.1) is 0 Å². The molecular weight excluding hydrogens is 226 g/mol. The van der Waals surface area contributed by atoms with Gasteiger partial charge in [0.05, 0.1) is 6.04 Å². The Kier molecular flexibility index (Phi) is 3.15. The molecule has 4 nitrogen and oxygen atoms in total. The van der Waals surface area contributed by atoms with Gasteiger partial charge in [-0.3, -0.25) is 9.78 Å². The smallest absolute Gasteiger partial charge is 0.225 e. The van der Waals surface area contributed by atoms with Gasteiger partial charge in [-0.05, 0) is 39.3 Å². The number of aryl methyl sites for hydroxylation is 1. The molecule has 1 saturated heterocycles. The molecule has 0 bridgehead atoms. The Labute approximate surface area is 108 Å². The van der Waals surface area contributed by atoms with Crippen LogP contribution >= 0.6 is 0 Å². The Bertz CT molecular complexity index is 447. The van der Waals surface area contributed by atoms with Crippen molar-refractivity contribution in [1.29, 1.82) is 0 Å². The number of nitrogens with two attached hydrogens (primary N) is 1. The van der Waals surface area contributed by atoms with Crippen LogP contribution in [0.1, 0.15) is 44.5 Å². The van der Waals surface area contributed by atoms with E-state index in [1.54, 1.807) is 0 Å². The standard InChI is InChI=1S/C14H21N3O/c1-9-5-6-10(8-16-9)13-11(15)7-12(18)17(13)14(2,3)4/h5-6,8,11,13H,7,15H2,1-4H3. The van der Waals surface area contributed by atoms with Crippen molar-refractivity contribution in [1.82, 2.24) is 9.88 Å². The van der Waals surface area contributed by atoms with Crippen molar-refractivity contribution < 1.29 is 4.79 Å². The number of nitrogens with zero attached hydrogens (tertiary/aromatic N) is 2. The lowest BCUT2D eigenvalue weighted by Gasteiger charge is -2.38. The lowest BCUT2D eigenvalue weighted by atomic mass is 9.98. The van der Waals surface area contributed by atoms with E-state index in [2.05, 4.69) is 4.98 Å². The second kappa shape index (κ2) is 4.35. The molecule has 1 aromatic heterocycles. The van der Waals surface area contributed by atoms with Crippen LogP contribution in [-0.4, -0.2) is 27.4 Å². The Balaban J connectivity index is 2.40. The average Bonchev–Trinajstić information content (AvgIpc) is 2.54. The molecule has 1 fully saturated rings. The van der Waals surface area contributed by atoms with Gasteiger partial charge in [0.1, 0.15) is 0 Å². The highest BCUT2D eigenvalue weighted by Crippen LogP contribution is 2.37. The number of likely N-dealkylation sites (tertiary alicyclic amines) is 1. The summed E-state index contributed by atoms with van der Waals surface area (Å²) in [5, 5.41) is 0. The van der Waals surface area contributed by atoms with E-state index in [1.165, 1.54) is 0 Å². The van der Waals surface area contributed by atoms with Gasteiger partial charge in [0.25, 0.3) is 0 Å². The quantitative estimate of drug-likeness (QED) is 0.823. The van der Waals surface area contributed by atoms with E-state index in [0.29, 0.717) is 6.42 Å². The number of amides is 1. The molecule has 2 unspecified atom stereocenters. The Hall–Kier alpha value is -1.42. The van der Waals surface area contributed by atoms with Crippen LogP contribution in [0.2, 0.25) is 0 Å². The summed E-state index contributed by atoms with van der Waals surface area (Å²) in [6, 6.07) is 3.77. The number of pyridine rings is 1. The molecule has 1 amide bonds. The van der Waals surface area contributed by atoms with Crippen molar-refractivity contribution in [2.75, 3.05) is 0 Å². The van der Waals surface area contributed by atoms with E-state index in [4.69, 9.17) is 5.73 Å². The third-order valence-corrected chi connectivity index (χ3v) is 3.36. The van der Waals surface area contributed by atoms with Crippen LogP contribution in [0.3, 0.4) is 0 Å². The molecule has 1 aliphatic rings. The van der Waals surface area contributed by atoms with Gasteiger partial charge in [0.2, 0.25) is 5.91 Å². The first-order chi connectivity index (χ1) is 8.30. The summed E-state index contributed by atoms with van der Waals surface area (Å²) in [5.41, 5.74) is 7.91. The van der Waals surface area contributed by atoms with Gasteiger partial charge in [-0.2, -0.15) is 0 Å². The predicted octanol–water partition coefficient (Wildman–Crippen LogP) is 1.79. The molecule has 4 heteroatoms. The second-order valence-electron chi connectivity index (χ2n) is 5.98. The number of rotatable bonds is 1. The van der Waals surface area contributed by atoms with Gasteiger partial charge < -0.3 is 10.6 Å². The molecule has 2 heterocycles. The van der Waals surface area contributed by atoms with E-state index in [9.17, 15) is 4.79 Å². The third kappa shape index (κ3) is 2.25. The minimum atomic E-state index is -0.221. The van der Waals surface area contributed by atoms with Crippen LogP contribution in [0.4, 0.5) is 0 Å². The zero-order valence-corrected chi connectivity index (χ0v) is 11.5. The largest absolute Gasteiger partial charge is 0.329 e. The first-order valence-electron chi connectivity index (χ1n) is 6.31. The minimum absolute atomic E-state index is 0.0643. The minimum Gasteiger partial charge on any atom is -0.329 e. The van der Waals surface area contributed by atoms with E-state index in [1.807, 2.05) is 50.9 Å². The molecule has 0 spiro atoms. The maximum absolute atomic E-state index is 12.1. The number of hydrogen-bond acceptors (Lipinski definition) is 3. The molecule has 18 heavy (non-hydrogen) atoms. The van der Waals surface area contributed by atoms with Crippen LogP contribution in [-0.2, 0) is 4.79 Å². The van der Waals surface area contributed by atoms with Crippen LogP contribution in [0.15, 0.2) is 18.3 Å². The van der Waals surface area contributed by atoms with E-state index < -0.39 is 0 Å². The summed E-state index contributed by atoms with van der Waals surface area (Å²) >= 11 is 0. The summed E-state index contributed by atoms with van der Waals surface area (Å²) < 4.78 is 0. The number of hydrogen-bond donors (Lipinski definition) is 1. The molecule has 0 radical (unpaired) electrons. The molecule has 0 saturated carbocycles. The van der Waals surface area contributed by atoms with Gasteiger partial charge >= 0.3 is 0 Å². The van der Waals surface area contributed by atoms with Crippen molar-refractivity contribution in [3.05, 3.63) is 29.6 Å². The zero-order valence-electron chi connectivity index (χ0n) is 11.5. The molecule has 98 valence electrons. The van der Waals surface area contributed by atoms with Crippen LogP contribution in [0.25, 0.3) is 0 Å². The lowest BCUT2D eigenvalue weighted by Crippen LogP contribution is -2.45. The zero-order chi connectivity index (χ0) is 13.5. The number of carbonyl (C=O) groups is 1. The highest BCUT2D eigenvalue weighted by Gasteiger charge is 2.43. The van der Waals surface area contributed by atoms with Crippen molar-refractivity contribution >= 4 is 5.91 Å². The molecule has 2 N–H and O–H groups in total. The first-order valence-corrected chi connectivity index (χ1v) is 6.31. The van der Waals surface area contributed by atoms with Gasteiger partial charge in [-0.1, -0.05) is 6.07 Å². The van der Waals surface area contributed by atoms with Gasteiger partial charge in [0.15, 0.2) is 0 Å². The molecular formula is C14H21N3O. The van der Waals surface area contributed by atoms with Crippen LogP contribution < -0.4 is 5.73 Å². The van der Waals surface area contributed by atoms with Crippen molar-refractivity contribution in [3.63, 3.8) is 0 Å².